The molecule has 1 amide bonds. The molecule has 2 aromatic carbocycles. The average Bonchev–Trinajstić information content (AvgIpc) is 3.26. The summed E-state index contributed by atoms with van der Waals surface area (Å²) in [5, 5.41) is 0. The van der Waals surface area contributed by atoms with E-state index >= 15 is 0 Å². The average molecular weight is 380 g/mol. The molecule has 1 saturated heterocycles. The van der Waals surface area contributed by atoms with Crippen LogP contribution < -0.4 is 0 Å². The van der Waals surface area contributed by atoms with Crippen LogP contribution >= 0.6 is 0 Å². The number of carbonyl (C=O) groups is 1. The number of hydrogen-bond acceptors (Lipinski definition) is 4. The van der Waals surface area contributed by atoms with Crippen molar-refractivity contribution in [2.75, 3.05) is 13.1 Å². The Hall–Kier alpha value is -2.73. The summed E-state index contributed by atoms with van der Waals surface area (Å²) in [6.07, 6.45) is 1.37. The lowest BCUT2D eigenvalue weighted by atomic mass is 9.84. The molecule has 6 heteroatoms. The lowest BCUT2D eigenvalue weighted by Gasteiger charge is -2.39. The molecule has 1 atom stereocenters. The SMILES string of the molecule is O=C1N=C(N2CCC3(CC2)OCc2c(F)cccc23)OC1Cc1ccccc1. The number of amidine groups is 1. The Morgan fingerprint density at radius 3 is 2.68 bits per heavy atom. The Balaban J connectivity index is 1.25. The molecule has 1 spiro atoms. The van der Waals surface area contributed by atoms with Gasteiger partial charge in [0, 0.05) is 25.1 Å². The fraction of sp³-hybridized carbons (Fsp3) is 0.364. The number of aliphatic imine (C=N–C) groups is 1. The van der Waals surface area contributed by atoms with E-state index in [-0.39, 0.29) is 11.7 Å². The van der Waals surface area contributed by atoms with E-state index in [1.165, 1.54) is 6.07 Å². The van der Waals surface area contributed by atoms with Crippen molar-refractivity contribution in [3.05, 3.63) is 71.0 Å². The summed E-state index contributed by atoms with van der Waals surface area (Å²) in [6.45, 7) is 1.62. The van der Waals surface area contributed by atoms with E-state index in [4.69, 9.17) is 9.47 Å². The van der Waals surface area contributed by atoms with Gasteiger partial charge < -0.3 is 14.4 Å². The molecule has 0 N–H and O–H groups in total. The highest BCUT2D eigenvalue weighted by atomic mass is 19.1. The van der Waals surface area contributed by atoms with Gasteiger partial charge in [0.2, 0.25) is 0 Å². The van der Waals surface area contributed by atoms with Gasteiger partial charge in [-0.05, 0) is 30.0 Å². The molecule has 28 heavy (non-hydrogen) atoms. The number of likely N-dealkylation sites (tertiary alicyclic amines) is 1. The summed E-state index contributed by atoms with van der Waals surface area (Å²) in [4.78, 5) is 18.4. The van der Waals surface area contributed by atoms with E-state index in [0.29, 0.717) is 50.5 Å². The van der Waals surface area contributed by atoms with Gasteiger partial charge in [-0.1, -0.05) is 42.5 Å². The van der Waals surface area contributed by atoms with Gasteiger partial charge in [-0.15, -0.1) is 0 Å². The van der Waals surface area contributed by atoms with Crippen molar-refractivity contribution in [1.29, 1.82) is 0 Å². The fourth-order valence-corrected chi connectivity index (χ4v) is 4.37. The van der Waals surface area contributed by atoms with Gasteiger partial charge in [-0.3, -0.25) is 4.79 Å². The van der Waals surface area contributed by atoms with Crippen LogP contribution in [0.1, 0.15) is 29.5 Å². The molecule has 3 aliphatic heterocycles. The maximum atomic E-state index is 14.0. The molecule has 0 bridgehead atoms. The first-order valence-electron chi connectivity index (χ1n) is 9.64. The lowest BCUT2D eigenvalue weighted by Crippen LogP contribution is -2.45. The van der Waals surface area contributed by atoms with Crippen LogP contribution in [0.25, 0.3) is 0 Å². The molecule has 1 fully saturated rings. The summed E-state index contributed by atoms with van der Waals surface area (Å²) in [7, 11) is 0. The molecule has 5 rings (SSSR count). The molecule has 2 aromatic rings. The van der Waals surface area contributed by atoms with Gasteiger partial charge in [-0.25, -0.2) is 4.39 Å². The quantitative estimate of drug-likeness (QED) is 0.803. The normalized spacial score (nSPS) is 22.9. The van der Waals surface area contributed by atoms with Crippen LogP contribution in [0, 0.1) is 5.82 Å². The van der Waals surface area contributed by atoms with Crippen LogP contribution in [-0.2, 0) is 32.9 Å². The zero-order chi connectivity index (χ0) is 19.1. The van der Waals surface area contributed by atoms with Gasteiger partial charge in [0.15, 0.2) is 6.10 Å². The van der Waals surface area contributed by atoms with Crippen molar-refractivity contribution in [2.24, 2.45) is 4.99 Å². The van der Waals surface area contributed by atoms with Crippen LogP contribution in [-0.4, -0.2) is 36.0 Å². The van der Waals surface area contributed by atoms with Crippen LogP contribution in [0.15, 0.2) is 53.5 Å². The van der Waals surface area contributed by atoms with E-state index in [1.54, 1.807) is 6.07 Å². The Bertz CT molecular complexity index is 936. The molecule has 5 nitrogen and oxygen atoms in total. The molecular formula is C22H21FN2O3. The minimum absolute atomic E-state index is 0.199. The van der Waals surface area contributed by atoms with Crippen LogP contribution in [0.2, 0.25) is 0 Å². The predicted octanol–water partition coefficient (Wildman–Crippen LogP) is 3.17. The minimum atomic E-state index is -0.564. The maximum absolute atomic E-state index is 14.0. The van der Waals surface area contributed by atoms with E-state index in [1.807, 2.05) is 41.3 Å². The lowest BCUT2D eigenvalue weighted by molar-refractivity contribution is -0.122. The Kier molecular flexibility index (Phi) is 4.16. The zero-order valence-corrected chi connectivity index (χ0v) is 15.4. The number of amides is 1. The standard InChI is InChI=1S/C22H21FN2O3/c23-18-8-4-7-17-16(18)14-27-22(17)9-11-25(12-10-22)21-24-20(26)19(28-21)13-15-5-2-1-3-6-15/h1-8,19H,9-14H2. The van der Waals surface area contributed by atoms with Crippen molar-refractivity contribution in [3.63, 3.8) is 0 Å². The molecule has 1 unspecified atom stereocenters. The number of halogens is 1. The van der Waals surface area contributed by atoms with Crippen molar-refractivity contribution < 1.29 is 18.7 Å². The van der Waals surface area contributed by atoms with E-state index in [2.05, 4.69) is 4.99 Å². The number of fused-ring (bicyclic) bond motifs is 2. The summed E-state index contributed by atoms with van der Waals surface area (Å²) >= 11 is 0. The summed E-state index contributed by atoms with van der Waals surface area (Å²) < 4.78 is 26.0. The largest absolute Gasteiger partial charge is 0.451 e. The Morgan fingerprint density at radius 2 is 1.89 bits per heavy atom. The Morgan fingerprint density at radius 1 is 1.11 bits per heavy atom. The monoisotopic (exact) mass is 380 g/mol. The number of benzene rings is 2. The Labute approximate surface area is 162 Å². The van der Waals surface area contributed by atoms with Crippen molar-refractivity contribution in [3.8, 4) is 0 Å². The third kappa shape index (κ3) is 2.88. The summed E-state index contributed by atoms with van der Waals surface area (Å²) in [5.41, 5.74) is 2.23. The second kappa shape index (κ2) is 6.71. The first-order valence-corrected chi connectivity index (χ1v) is 9.64. The van der Waals surface area contributed by atoms with Crippen molar-refractivity contribution >= 4 is 11.9 Å². The number of hydrogen-bond donors (Lipinski definition) is 0. The van der Waals surface area contributed by atoms with Crippen molar-refractivity contribution in [2.45, 2.75) is 37.6 Å². The first kappa shape index (κ1) is 17.4. The van der Waals surface area contributed by atoms with Crippen molar-refractivity contribution in [1.82, 2.24) is 4.90 Å². The number of rotatable bonds is 2. The highest BCUT2D eigenvalue weighted by Gasteiger charge is 2.45. The molecule has 0 saturated carbocycles. The smallest absolute Gasteiger partial charge is 0.296 e. The molecule has 3 heterocycles. The molecule has 0 aliphatic carbocycles. The maximum Gasteiger partial charge on any atom is 0.296 e. The van der Waals surface area contributed by atoms with Gasteiger partial charge in [0.1, 0.15) is 5.82 Å². The molecule has 144 valence electrons. The highest BCUT2D eigenvalue weighted by molar-refractivity contribution is 5.98. The third-order valence-corrected chi connectivity index (χ3v) is 5.94. The van der Waals surface area contributed by atoms with Gasteiger partial charge in [0.25, 0.3) is 11.9 Å². The van der Waals surface area contributed by atoms with Gasteiger partial charge >= 0.3 is 0 Å². The van der Waals surface area contributed by atoms with Crippen LogP contribution in [0.5, 0.6) is 0 Å². The highest BCUT2D eigenvalue weighted by Crippen LogP contribution is 2.45. The van der Waals surface area contributed by atoms with Gasteiger partial charge in [0.05, 0.1) is 12.2 Å². The molecular weight excluding hydrogens is 359 g/mol. The number of ether oxygens (including phenoxy) is 2. The van der Waals surface area contributed by atoms with E-state index in [9.17, 15) is 9.18 Å². The van der Waals surface area contributed by atoms with E-state index in [0.717, 1.165) is 11.1 Å². The zero-order valence-electron chi connectivity index (χ0n) is 15.4. The van der Waals surface area contributed by atoms with E-state index < -0.39 is 11.7 Å². The number of piperidine rings is 1. The topological polar surface area (TPSA) is 51.1 Å². The number of carbonyl (C=O) groups excluding carboxylic acids is 1. The predicted molar refractivity (Wildman–Crippen MR) is 101 cm³/mol. The second-order valence-electron chi connectivity index (χ2n) is 7.56. The number of nitrogens with zero attached hydrogens (tertiary/aromatic N) is 2. The summed E-state index contributed by atoms with van der Waals surface area (Å²) in [5.74, 6) is -0.432. The fourth-order valence-electron chi connectivity index (χ4n) is 4.37. The summed E-state index contributed by atoms with van der Waals surface area (Å²) in [6, 6.07) is 15.4. The third-order valence-electron chi connectivity index (χ3n) is 5.94. The molecule has 0 aromatic heterocycles. The first-order chi connectivity index (χ1) is 13.6. The second-order valence-corrected chi connectivity index (χ2v) is 7.56. The van der Waals surface area contributed by atoms with Gasteiger partial charge in [-0.2, -0.15) is 4.99 Å². The molecule has 3 aliphatic rings. The van der Waals surface area contributed by atoms with Crippen LogP contribution in [0.3, 0.4) is 0 Å². The molecule has 0 radical (unpaired) electrons. The van der Waals surface area contributed by atoms with Crippen LogP contribution in [0.4, 0.5) is 4.39 Å². The minimum Gasteiger partial charge on any atom is -0.451 e.